The van der Waals surface area contributed by atoms with Gasteiger partial charge in [-0.1, -0.05) is 20.8 Å². The molecular formula is C16H38N4O2Si. The quantitative estimate of drug-likeness (QED) is 0.331. The number of likely N-dealkylation sites (N-methyl/N-ethyl adjacent to an activating group) is 3. The molecule has 0 aromatic rings. The molecule has 0 unspecified atom stereocenters. The summed E-state index contributed by atoms with van der Waals surface area (Å²) in [4.78, 5) is 12.3. The highest BCUT2D eigenvalue weighted by Gasteiger charge is 2.39. The Labute approximate surface area is 143 Å². The van der Waals surface area contributed by atoms with Crippen LogP contribution in [0.15, 0.2) is 0 Å². The van der Waals surface area contributed by atoms with E-state index in [1.54, 1.807) is 0 Å². The van der Waals surface area contributed by atoms with Gasteiger partial charge in [0.25, 0.3) is 0 Å². The van der Waals surface area contributed by atoms with Gasteiger partial charge in [-0.25, -0.2) is 0 Å². The van der Waals surface area contributed by atoms with Gasteiger partial charge in [0.2, 0.25) is 5.91 Å². The zero-order chi connectivity index (χ0) is 18.1. The summed E-state index contributed by atoms with van der Waals surface area (Å²) >= 11 is 0. The lowest BCUT2D eigenvalue weighted by atomic mass is 10.1. The molecule has 6 nitrogen and oxygen atoms in total. The van der Waals surface area contributed by atoms with Gasteiger partial charge in [0.15, 0.2) is 8.32 Å². The Morgan fingerprint density at radius 3 is 2.13 bits per heavy atom. The molecule has 0 saturated carbocycles. The second-order valence-electron chi connectivity index (χ2n) is 7.53. The van der Waals surface area contributed by atoms with E-state index in [2.05, 4.69) is 55.1 Å². The molecular weight excluding hydrogens is 308 g/mol. The second-order valence-corrected chi connectivity index (χ2v) is 12.3. The second kappa shape index (κ2) is 10.4. The fourth-order valence-corrected chi connectivity index (χ4v) is 3.41. The highest BCUT2D eigenvalue weighted by Crippen LogP contribution is 2.37. The zero-order valence-corrected chi connectivity index (χ0v) is 17.3. The topological polar surface area (TPSA) is 74.4 Å². The predicted molar refractivity (Wildman–Crippen MR) is 100 cm³/mol. The molecule has 0 aliphatic rings. The van der Waals surface area contributed by atoms with Crippen molar-refractivity contribution in [1.29, 1.82) is 0 Å². The Hall–Kier alpha value is -0.473. The van der Waals surface area contributed by atoms with E-state index in [-0.39, 0.29) is 23.1 Å². The van der Waals surface area contributed by atoms with Crippen molar-refractivity contribution >= 4 is 14.2 Å². The van der Waals surface area contributed by atoms with Gasteiger partial charge in [-0.05, 0) is 45.7 Å². The molecule has 0 heterocycles. The summed E-state index contributed by atoms with van der Waals surface area (Å²) in [5, 5.41) is 12.4. The number of hydrogen-bond donors (Lipinski definition) is 4. The Balaban J connectivity index is 4.79. The summed E-state index contributed by atoms with van der Waals surface area (Å²) in [6.07, 6.45) is 0.684. The smallest absolute Gasteiger partial charge is 0.237 e. The van der Waals surface area contributed by atoms with Crippen molar-refractivity contribution in [3.8, 4) is 0 Å². The lowest BCUT2D eigenvalue weighted by Crippen LogP contribution is -2.51. The molecule has 23 heavy (non-hydrogen) atoms. The predicted octanol–water partition coefficient (Wildman–Crippen LogP) is 0.910. The molecule has 1 amide bonds. The number of nitrogens with one attached hydrogen (secondary N) is 4. The van der Waals surface area contributed by atoms with Gasteiger partial charge in [0.05, 0.1) is 12.1 Å². The standard InChI is InChI=1S/C16H38N4O2Si/c1-16(2,3)23(7,8)22-13(12-18-5)11-14(19-6)15(21)20-10-9-17-4/h13-14,17-19H,9-12H2,1-8H3,(H,20,21)/t13-,14+/m1/s1. The molecule has 0 aliphatic carbocycles. The van der Waals surface area contributed by atoms with Gasteiger partial charge in [-0.2, -0.15) is 0 Å². The van der Waals surface area contributed by atoms with E-state index < -0.39 is 8.32 Å². The van der Waals surface area contributed by atoms with Crippen LogP contribution in [0.2, 0.25) is 18.1 Å². The van der Waals surface area contributed by atoms with E-state index in [0.29, 0.717) is 13.0 Å². The average Bonchev–Trinajstić information content (AvgIpc) is 2.43. The first kappa shape index (κ1) is 22.5. The van der Waals surface area contributed by atoms with Gasteiger partial charge in [-0.15, -0.1) is 0 Å². The molecule has 0 saturated heterocycles. The molecule has 0 aromatic carbocycles. The van der Waals surface area contributed by atoms with E-state index in [0.717, 1.165) is 13.1 Å². The maximum atomic E-state index is 12.3. The van der Waals surface area contributed by atoms with Crippen molar-refractivity contribution in [3.05, 3.63) is 0 Å². The SMILES string of the molecule is CNCCNC(=O)[C@H](C[C@H](CNC)O[Si](C)(C)C(C)(C)C)NC. The maximum Gasteiger partial charge on any atom is 0.237 e. The van der Waals surface area contributed by atoms with E-state index in [1.165, 1.54) is 0 Å². The van der Waals surface area contributed by atoms with Crippen molar-refractivity contribution in [3.63, 3.8) is 0 Å². The molecule has 4 N–H and O–H groups in total. The number of amides is 1. The van der Waals surface area contributed by atoms with Crippen LogP contribution < -0.4 is 21.3 Å². The molecule has 0 aromatic heterocycles. The summed E-state index contributed by atoms with van der Waals surface area (Å²) < 4.78 is 6.49. The summed E-state index contributed by atoms with van der Waals surface area (Å²) in [5.74, 6) is 0.0303. The van der Waals surface area contributed by atoms with E-state index in [9.17, 15) is 4.79 Å². The normalized spacial score (nSPS) is 15.3. The molecule has 0 radical (unpaired) electrons. The third kappa shape index (κ3) is 8.26. The first-order valence-corrected chi connectivity index (χ1v) is 11.4. The van der Waals surface area contributed by atoms with Gasteiger partial charge in [0, 0.05) is 19.6 Å². The van der Waals surface area contributed by atoms with Crippen LogP contribution in [-0.2, 0) is 9.22 Å². The monoisotopic (exact) mass is 346 g/mol. The van der Waals surface area contributed by atoms with Crippen molar-refractivity contribution < 1.29 is 9.22 Å². The fraction of sp³-hybridized carbons (Fsp3) is 0.938. The molecule has 0 fully saturated rings. The molecule has 0 bridgehead atoms. The summed E-state index contributed by atoms with van der Waals surface area (Å²) in [6, 6.07) is -0.241. The summed E-state index contributed by atoms with van der Waals surface area (Å²) in [7, 11) is 3.76. The van der Waals surface area contributed by atoms with Crippen molar-refractivity contribution in [2.75, 3.05) is 40.8 Å². The van der Waals surface area contributed by atoms with Crippen LogP contribution in [0, 0.1) is 0 Å². The van der Waals surface area contributed by atoms with Crippen LogP contribution in [0.1, 0.15) is 27.2 Å². The van der Waals surface area contributed by atoms with Crippen LogP contribution >= 0.6 is 0 Å². The third-order valence-electron chi connectivity index (χ3n) is 4.54. The molecule has 138 valence electrons. The van der Waals surface area contributed by atoms with E-state index in [1.807, 2.05) is 21.1 Å². The zero-order valence-electron chi connectivity index (χ0n) is 16.3. The molecule has 0 aliphatic heterocycles. The van der Waals surface area contributed by atoms with Crippen LogP contribution in [0.5, 0.6) is 0 Å². The Kier molecular flexibility index (Phi) is 10.2. The Bertz CT molecular complexity index is 345. The highest BCUT2D eigenvalue weighted by atomic mass is 28.4. The summed E-state index contributed by atoms with van der Waals surface area (Å²) in [5.41, 5.74) is 0. The average molecular weight is 347 g/mol. The molecule has 2 atom stereocenters. The summed E-state index contributed by atoms with van der Waals surface area (Å²) in [6.45, 7) is 13.3. The number of rotatable bonds is 11. The van der Waals surface area contributed by atoms with Crippen LogP contribution in [0.3, 0.4) is 0 Å². The minimum absolute atomic E-state index is 0.0217. The van der Waals surface area contributed by atoms with E-state index >= 15 is 0 Å². The number of carbonyl (C=O) groups excluding carboxylic acids is 1. The van der Waals surface area contributed by atoms with Crippen molar-refractivity contribution in [2.45, 2.75) is 57.5 Å². The molecule has 0 rings (SSSR count). The Morgan fingerprint density at radius 1 is 1.09 bits per heavy atom. The van der Waals surface area contributed by atoms with E-state index in [4.69, 9.17) is 4.43 Å². The highest BCUT2D eigenvalue weighted by molar-refractivity contribution is 6.74. The lowest BCUT2D eigenvalue weighted by molar-refractivity contribution is -0.123. The number of hydrogen-bond acceptors (Lipinski definition) is 5. The van der Waals surface area contributed by atoms with Crippen molar-refractivity contribution in [2.24, 2.45) is 0 Å². The van der Waals surface area contributed by atoms with Gasteiger partial charge in [-0.3, -0.25) is 4.79 Å². The van der Waals surface area contributed by atoms with Gasteiger partial charge >= 0.3 is 0 Å². The van der Waals surface area contributed by atoms with Gasteiger partial charge in [0.1, 0.15) is 0 Å². The van der Waals surface area contributed by atoms with Crippen LogP contribution in [-0.4, -0.2) is 67.1 Å². The maximum absolute atomic E-state index is 12.3. The largest absolute Gasteiger partial charge is 0.413 e. The first-order valence-electron chi connectivity index (χ1n) is 8.51. The lowest BCUT2D eigenvalue weighted by Gasteiger charge is -2.40. The fourth-order valence-electron chi connectivity index (χ4n) is 2.05. The first-order chi connectivity index (χ1) is 10.6. The van der Waals surface area contributed by atoms with Crippen molar-refractivity contribution in [1.82, 2.24) is 21.3 Å². The molecule has 0 spiro atoms. The molecule has 7 heteroatoms. The van der Waals surface area contributed by atoms with Crippen LogP contribution in [0.4, 0.5) is 0 Å². The van der Waals surface area contributed by atoms with Crippen LogP contribution in [0.25, 0.3) is 0 Å². The minimum Gasteiger partial charge on any atom is -0.413 e. The van der Waals surface area contributed by atoms with Gasteiger partial charge < -0.3 is 25.7 Å². The Morgan fingerprint density at radius 2 is 1.70 bits per heavy atom. The number of carbonyl (C=O) groups is 1. The third-order valence-corrected chi connectivity index (χ3v) is 9.07. The minimum atomic E-state index is -1.86.